The van der Waals surface area contributed by atoms with E-state index in [0.29, 0.717) is 0 Å². The molecule has 1 N–H and O–H groups in total. The van der Waals surface area contributed by atoms with E-state index in [-0.39, 0.29) is 0 Å². The first-order valence-corrected chi connectivity index (χ1v) is 6.92. The van der Waals surface area contributed by atoms with Crippen LogP contribution in [0.3, 0.4) is 0 Å². The Morgan fingerprint density at radius 1 is 1.19 bits per heavy atom. The fourth-order valence-electron chi connectivity index (χ4n) is 3.06. The van der Waals surface area contributed by atoms with Gasteiger partial charge in [0, 0.05) is 44.4 Å². The normalized spacial score (nSPS) is 34.9. The molecule has 0 aromatic carbocycles. The molecule has 3 aliphatic rings. The van der Waals surface area contributed by atoms with E-state index >= 15 is 0 Å². The van der Waals surface area contributed by atoms with Crippen molar-refractivity contribution >= 4 is 0 Å². The number of hydrogen-bond acceptors (Lipinski definition) is 3. The van der Waals surface area contributed by atoms with E-state index in [2.05, 4.69) is 24.1 Å². The molecular weight excluding hydrogens is 200 g/mol. The van der Waals surface area contributed by atoms with Gasteiger partial charge < -0.3 is 10.1 Å². The lowest BCUT2D eigenvalue weighted by atomic mass is 10.1. The highest BCUT2D eigenvalue weighted by Gasteiger charge is 2.40. The first-order valence-electron chi connectivity index (χ1n) is 6.92. The van der Waals surface area contributed by atoms with Gasteiger partial charge in [-0.15, -0.1) is 0 Å². The largest absolute Gasteiger partial charge is 0.381 e. The molecule has 3 aliphatic heterocycles. The van der Waals surface area contributed by atoms with Gasteiger partial charge >= 0.3 is 0 Å². The molecular formula is C13H26N2O. The van der Waals surface area contributed by atoms with E-state index in [1.165, 1.54) is 38.8 Å². The molecule has 2 bridgehead atoms. The number of nitrogens with one attached hydrogen (secondary N) is 1. The van der Waals surface area contributed by atoms with Gasteiger partial charge in [0.05, 0.1) is 0 Å². The summed E-state index contributed by atoms with van der Waals surface area (Å²) in [5, 5.41) is 3.55. The topological polar surface area (TPSA) is 24.5 Å². The number of rotatable bonds is 1. The van der Waals surface area contributed by atoms with Crippen molar-refractivity contribution in [1.82, 2.24) is 10.2 Å². The Bertz CT molecular complexity index is 204. The van der Waals surface area contributed by atoms with Gasteiger partial charge in [0.2, 0.25) is 0 Å². The molecule has 16 heavy (non-hydrogen) atoms. The summed E-state index contributed by atoms with van der Waals surface area (Å²) >= 11 is 0. The Morgan fingerprint density at radius 2 is 1.88 bits per heavy atom. The van der Waals surface area contributed by atoms with Crippen LogP contribution in [-0.4, -0.2) is 49.3 Å². The van der Waals surface area contributed by atoms with Gasteiger partial charge in [0.25, 0.3) is 0 Å². The predicted molar refractivity (Wildman–Crippen MR) is 66.7 cm³/mol. The molecule has 3 heteroatoms. The van der Waals surface area contributed by atoms with E-state index < -0.39 is 0 Å². The molecule has 0 aliphatic carbocycles. The Labute approximate surface area is 99.5 Å². The molecule has 0 radical (unpaired) electrons. The molecule has 3 rings (SSSR count). The maximum absolute atomic E-state index is 5.40. The van der Waals surface area contributed by atoms with Gasteiger partial charge in [0.15, 0.2) is 0 Å². The molecule has 1 unspecified atom stereocenters. The van der Waals surface area contributed by atoms with Gasteiger partial charge in [-0.1, -0.05) is 20.3 Å². The summed E-state index contributed by atoms with van der Waals surface area (Å²) in [6.45, 7) is 8.72. The van der Waals surface area contributed by atoms with Crippen LogP contribution in [0.1, 0.15) is 39.5 Å². The third-order valence-corrected chi connectivity index (χ3v) is 3.76. The van der Waals surface area contributed by atoms with Crippen molar-refractivity contribution in [2.24, 2.45) is 0 Å². The SMILES string of the molecule is C1CC(N2C[C@H]3CC2CN3)CCO1.CCC. The van der Waals surface area contributed by atoms with Crippen LogP contribution >= 0.6 is 0 Å². The fraction of sp³-hybridized carbons (Fsp3) is 1.00. The van der Waals surface area contributed by atoms with Gasteiger partial charge in [-0.05, 0) is 19.3 Å². The zero-order valence-electron chi connectivity index (χ0n) is 10.7. The van der Waals surface area contributed by atoms with Crippen LogP contribution in [0.25, 0.3) is 0 Å². The molecule has 0 aromatic heterocycles. The van der Waals surface area contributed by atoms with Crippen LogP contribution in [0, 0.1) is 0 Å². The summed E-state index contributed by atoms with van der Waals surface area (Å²) in [6, 6.07) is 2.46. The molecule has 0 amide bonds. The molecule has 94 valence electrons. The third kappa shape index (κ3) is 2.76. The smallest absolute Gasteiger partial charge is 0.0480 e. The summed E-state index contributed by atoms with van der Waals surface area (Å²) in [4.78, 5) is 2.73. The lowest BCUT2D eigenvalue weighted by molar-refractivity contribution is 0.0252. The first kappa shape index (κ1) is 12.3. The maximum atomic E-state index is 5.40. The van der Waals surface area contributed by atoms with E-state index in [1.54, 1.807) is 0 Å². The Kier molecular flexibility index (Phi) is 4.62. The van der Waals surface area contributed by atoms with E-state index in [9.17, 15) is 0 Å². The fourth-order valence-corrected chi connectivity index (χ4v) is 3.06. The van der Waals surface area contributed by atoms with Crippen LogP contribution in [0.5, 0.6) is 0 Å². The number of ether oxygens (including phenoxy) is 1. The van der Waals surface area contributed by atoms with Gasteiger partial charge in [0.1, 0.15) is 0 Å². The summed E-state index contributed by atoms with van der Waals surface area (Å²) < 4.78 is 5.40. The summed E-state index contributed by atoms with van der Waals surface area (Å²) in [7, 11) is 0. The van der Waals surface area contributed by atoms with Crippen molar-refractivity contribution in [1.29, 1.82) is 0 Å². The second-order valence-electron chi connectivity index (χ2n) is 5.24. The van der Waals surface area contributed by atoms with Crippen molar-refractivity contribution in [2.75, 3.05) is 26.3 Å². The van der Waals surface area contributed by atoms with Crippen molar-refractivity contribution in [2.45, 2.75) is 57.7 Å². The second-order valence-corrected chi connectivity index (χ2v) is 5.24. The molecule has 3 fully saturated rings. The number of likely N-dealkylation sites (tertiary alicyclic amines) is 1. The third-order valence-electron chi connectivity index (χ3n) is 3.76. The van der Waals surface area contributed by atoms with Crippen molar-refractivity contribution in [3.8, 4) is 0 Å². The highest BCUT2D eigenvalue weighted by Crippen LogP contribution is 2.28. The summed E-state index contributed by atoms with van der Waals surface area (Å²) in [5.41, 5.74) is 0. The van der Waals surface area contributed by atoms with Crippen molar-refractivity contribution in [3.63, 3.8) is 0 Å². The number of piperazine rings is 1. The standard InChI is InChI=1S/C10H18N2O.C3H8/c1-3-13-4-2-9(1)12-7-8-5-10(12)6-11-8;1-3-2/h8-11H,1-7H2;3H2,1-2H3/t8-,10?;/m1./s1. The summed E-state index contributed by atoms with van der Waals surface area (Å²) in [6.07, 6.45) is 5.14. The lowest BCUT2D eigenvalue weighted by Crippen LogP contribution is -2.50. The molecule has 2 atom stereocenters. The predicted octanol–water partition coefficient (Wildman–Crippen LogP) is 1.63. The molecule has 0 spiro atoms. The minimum absolute atomic E-state index is 0.799. The van der Waals surface area contributed by atoms with Crippen LogP contribution in [0.2, 0.25) is 0 Å². The number of hydrogen-bond donors (Lipinski definition) is 1. The highest BCUT2D eigenvalue weighted by molar-refractivity contribution is 4.99. The van der Waals surface area contributed by atoms with Gasteiger partial charge in [-0.25, -0.2) is 0 Å². The highest BCUT2D eigenvalue weighted by atomic mass is 16.5. The number of fused-ring (bicyclic) bond motifs is 2. The van der Waals surface area contributed by atoms with E-state index in [0.717, 1.165) is 31.3 Å². The quantitative estimate of drug-likeness (QED) is 0.735. The molecule has 0 aromatic rings. The van der Waals surface area contributed by atoms with Crippen LogP contribution in [0.15, 0.2) is 0 Å². The van der Waals surface area contributed by atoms with Gasteiger partial charge in [-0.2, -0.15) is 0 Å². The molecule has 3 nitrogen and oxygen atoms in total. The Morgan fingerprint density at radius 3 is 2.38 bits per heavy atom. The van der Waals surface area contributed by atoms with E-state index in [4.69, 9.17) is 4.74 Å². The van der Waals surface area contributed by atoms with Crippen LogP contribution in [-0.2, 0) is 4.74 Å². The minimum Gasteiger partial charge on any atom is -0.381 e. The average Bonchev–Trinajstić information content (AvgIpc) is 2.93. The monoisotopic (exact) mass is 226 g/mol. The minimum atomic E-state index is 0.799. The zero-order valence-corrected chi connectivity index (χ0v) is 10.7. The van der Waals surface area contributed by atoms with Crippen molar-refractivity contribution in [3.05, 3.63) is 0 Å². The zero-order chi connectivity index (χ0) is 11.4. The molecule has 3 heterocycles. The maximum Gasteiger partial charge on any atom is 0.0480 e. The number of nitrogens with zero attached hydrogens (tertiary/aromatic N) is 1. The Hall–Kier alpha value is -0.120. The Balaban J connectivity index is 0.000000292. The lowest BCUT2D eigenvalue weighted by Gasteiger charge is -2.37. The molecule has 3 saturated heterocycles. The molecule has 0 saturated carbocycles. The average molecular weight is 226 g/mol. The first-order chi connectivity index (χ1) is 7.85. The van der Waals surface area contributed by atoms with Crippen molar-refractivity contribution < 1.29 is 4.74 Å². The van der Waals surface area contributed by atoms with Crippen LogP contribution < -0.4 is 5.32 Å². The van der Waals surface area contributed by atoms with E-state index in [1.807, 2.05) is 0 Å². The van der Waals surface area contributed by atoms with Crippen LogP contribution in [0.4, 0.5) is 0 Å². The van der Waals surface area contributed by atoms with Gasteiger partial charge in [-0.3, -0.25) is 4.90 Å². The second kappa shape index (κ2) is 5.99. The summed E-state index contributed by atoms with van der Waals surface area (Å²) in [5.74, 6) is 0.